The second-order valence-corrected chi connectivity index (χ2v) is 11.0. The van der Waals surface area contributed by atoms with E-state index in [1.54, 1.807) is 42.5 Å². The van der Waals surface area contributed by atoms with Gasteiger partial charge in [-0.1, -0.05) is 47.8 Å². The zero-order chi connectivity index (χ0) is 21.5. The summed E-state index contributed by atoms with van der Waals surface area (Å²) < 4.78 is 26.0. The Morgan fingerprint density at radius 1 is 1.10 bits per heavy atom. The fourth-order valence-corrected chi connectivity index (χ4v) is 6.01. The molecular weight excluding hydrogens is 443 g/mol. The van der Waals surface area contributed by atoms with Crippen molar-refractivity contribution in [3.05, 3.63) is 63.6 Å². The van der Waals surface area contributed by atoms with Gasteiger partial charge < -0.3 is 5.32 Å². The van der Waals surface area contributed by atoms with Gasteiger partial charge in [0.1, 0.15) is 0 Å². The van der Waals surface area contributed by atoms with Crippen LogP contribution < -0.4 is 9.62 Å². The number of carbonyl (C=O) groups is 1. The first-order valence-electron chi connectivity index (χ1n) is 10.0. The molecule has 2 saturated carbocycles. The summed E-state index contributed by atoms with van der Waals surface area (Å²) in [6.45, 7) is 0.0905. The first-order valence-corrected chi connectivity index (χ1v) is 12.6. The van der Waals surface area contributed by atoms with Gasteiger partial charge >= 0.3 is 0 Å². The van der Waals surface area contributed by atoms with Crippen LogP contribution >= 0.6 is 23.2 Å². The van der Waals surface area contributed by atoms with Gasteiger partial charge in [0.05, 0.1) is 28.5 Å². The van der Waals surface area contributed by atoms with Crippen molar-refractivity contribution in [3.8, 4) is 0 Å². The summed E-state index contributed by atoms with van der Waals surface area (Å²) in [5.74, 6) is 1.31. The van der Waals surface area contributed by atoms with Gasteiger partial charge in [-0.3, -0.25) is 9.10 Å². The van der Waals surface area contributed by atoms with E-state index in [1.165, 1.54) is 23.6 Å². The van der Waals surface area contributed by atoms with Crippen molar-refractivity contribution >= 4 is 44.8 Å². The molecule has 0 radical (unpaired) electrons. The van der Waals surface area contributed by atoms with Gasteiger partial charge in [0, 0.05) is 11.6 Å². The van der Waals surface area contributed by atoms with Crippen LogP contribution in [0.1, 0.15) is 41.6 Å². The monoisotopic (exact) mass is 466 g/mol. The van der Waals surface area contributed by atoms with Gasteiger partial charge in [-0.2, -0.15) is 0 Å². The molecule has 30 heavy (non-hydrogen) atoms. The Labute approximate surface area is 187 Å². The molecule has 2 fully saturated rings. The van der Waals surface area contributed by atoms with Crippen LogP contribution in [-0.2, 0) is 16.6 Å². The maximum Gasteiger partial charge on any atom is 0.251 e. The molecular formula is C22H24Cl2N2O3S. The Hall–Kier alpha value is -1.76. The number of hydrogen-bond donors (Lipinski definition) is 1. The van der Waals surface area contributed by atoms with E-state index in [1.807, 2.05) is 0 Å². The summed E-state index contributed by atoms with van der Waals surface area (Å²) in [6, 6.07) is 12.2. The molecule has 2 aromatic carbocycles. The second-order valence-electron chi connectivity index (χ2n) is 8.29. The Morgan fingerprint density at radius 3 is 2.43 bits per heavy atom. The number of fused-ring (bicyclic) bond motifs is 2. The average molecular weight is 467 g/mol. The third-order valence-corrected chi connectivity index (χ3v) is 8.13. The highest BCUT2D eigenvalue weighted by molar-refractivity contribution is 7.92. The average Bonchev–Trinajstić information content (AvgIpc) is 3.31. The van der Waals surface area contributed by atoms with Crippen LogP contribution in [-0.4, -0.2) is 26.6 Å². The summed E-state index contributed by atoms with van der Waals surface area (Å²) in [7, 11) is -3.59. The van der Waals surface area contributed by atoms with E-state index in [4.69, 9.17) is 23.2 Å². The highest BCUT2D eigenvalue weighted by Crippen LogP contribution is 2.44. The van der Waals surface area contributed by atoms with Crippen molar-refractivity contribution in [1.82, 2.24) is 5.32 Å². The number of carbonyl (C=O) groups excluding carboxylic acids is 1. The van der Waals surface area contributed by atoms with Crippen molar-refractivity contribution in [2.45, 2.75) is 38.3 Å². The summed E-state index contributed by atoms with van der Waals surface area (Å²) in [5.41, 5.74) is 1.64. The Morgan fingerprint density at radius 2 is 1.83 bits per heavy atom. The Balaban J connectivity index is 1.48. The van der Waals surface area contributed by atoms with Gasteiger partial charge in [0.2, 0.25) is 10.0 Å². The zero-order valence-corrected chi connectivity index (χ0v) is 19.0. The minimum absolute atomic E-state index is 0.0723. The van der Waals surface area contributed by atoms with E-state index >= 15 is 0 Å². The summed E-state index contributed by atoms with van der Waals surface area (Å²) in [6.07, 6.45) is 5.94. The number of sulfonamides is 1. The highest BCUT2D eigenvalue weighted by atomic mass is 35.5. The third-order valence-electron chi connectivity index (χ3n) is 6.20. The minimum atomic E-state index is -3.59. The molecule has 0 aliphatic heterocycles. The van der Waals surface area contributed by atoms with Crippen LogP contribution in [0.3, 0.4) is 0 Å². The van der Waals surface area contributed by atoms with E-state index in [0.29, 0.717) is 17.2 Å². The van der Waals surface area contributed by atoms with Gasteiger partial charge in [-0.15, -0.1) is 0 Å². The van der Waals surface area contributed by atoms with E-state index in [9.17, 15) is 13.2 Å². The number of nitrogens with zero attached hydrogens (tertiary/aromatic N) is 1. The standard InChI is InChI=1S/C22H24Cl2N2O3S/c1-30(28,29)26(20-4-2-3-18(23)21(20)24)13-14-5-8-16(9-6-14)22(27)25-19-12-15-7-10-17(19)11-15/h2-6,8-9,15,17,19H,7,10-13H2,1H3,(H,25,27)/t15-,17-,19-/m0/s1. The van der Waals surface area contributed by atoms with E-state index < -0.39 is 10.0 Å². The molecule has 2 bridgehead atoms. The highest BCUT2D eigenvalue weighted by Gasteiger charge is 2.40. The molecule has 0 saturated heterocycles. The van der Waals surface area contributed by atoms with Gasteiger partial charge in [-0.25, -0.2) is 8.42 Å². The van der Waals surface area contributed by atoms with Crippen LogP contribution in [0.2, 0.25) is 10.0 Å². The lowest BCUT2D eigenvalue weighted by Crippen LogP contribution is -2.38. The van der Waals surface area contributed by atoms with Crippen LogP contribution in [0.5, 0.6) is 0 Å². The number of rotatable bonds is 6. The predicted molar refractivity (Wildman–Crippen MR) is 121 cm³/mol. The number of nitrogens with one attached hydrogen (secondary N) is 1. The molecule has 3 atom stereocenters. The summed E-state index contributed by atoms with van der Waals surface area (Å²) >= 11 is 12.3. The summed E-state index contributed by atoms with van der Waals surface area (Å²) in [5, 5.41) is 3.65. The van der Waals surface area contributed by atoms with Crippen molar-refractivity contribution < 1.29 is 13.2 Å². The lowest BCUT2D eigenvalue weighted by atomic mass is 9.95. The number of halogens is 2. The smallest absolute Gasteiger partial charge is 0.251 e. The van der Waals surface area contributed by atoms with E-state index in [2.05, 4.69) is 5.32 Å². The minimum Gasteiger partial charge on any atom is -0.349 e. The molecule has 1 N–H and O–H groups in total. The molecule has 0 heterocycles. The fourth-order valence-electron chi connectivity index (χ4n) is 4.67. The molecule has 160 valence electrons. The van der Waals surface area contributed by atoms with Crippen LogP contribution in [0, 0.1) is 11.8 Å². The van der Waals surface area contributed by atoms with Crippen LogP contribution in [0.15, 0.2) is 42.5 Å². The molecule has 0 aromatic heterocycles. The number of amides is 1. The number of anilines is 1. The topological polar surface area (TPSA) is 66.5 Å². The van der Waals surface area contributed by atoms with Crippen molar-refractivity contribution in [2.24, 2.45) is 11.8 Å². The molecule has 8 heteroatoms. The van der Waals surface area contributed by atoms with Crippen LogP contribution in [0.25, 0.3) is 0 Å². The quantitative estimate of drug-likeness (QED) is 0.659. The van der Waals surface area contributed by atoms with Crippen LogP contribution in [0.4, 0.5) is 5.69 Å². The molecule has 5 nitrogen and oxygen atoms in total. The second kappa shape index (κ2) is 8.40. The molecule has 4 rings (SSSR count). The van der Waals surface area contributed by atoms with Gasteiger partial charge in [0.25, 0.3) is 5.91 Å². The Kier molecular flexibility index (Phi) is 6.02. The molecule has 2 aromatic rings. The molecule has 2 aliphatic rings. The van der Waals surface area contributed by atoms with Crippen molar-refractivity contribution in [2.75, 3.05) is 10.6 Å². The van der Waals surface area contributed by atoms with Gasteiger partial charge in [-0.05, 0) is 60.9 Å². The van der Waals surface area contributed by atoms with Crippen molar-refractivity contribution in [3.63, 3.8) is 0 Å². The fraction of sp³-hybridized carbons (Fsp3) is 0.409. The first-order chi connectivity index (χ1) is 14.2. The lowest BCUT2D eigenvalue weighted by molar-refractivity contribution is 0.0923. The van der Waals surface area contributed by atoms with E-state index in [0.717, 1.165) is 24.2 Å². The maximum atomic E-state index is 12.6. The normalized spacial score (nSPS) is 22.8. The molecule has 0 spiro atoms. The summed E-state index contributed by atoms with van der Waals surface area (Å²) in [4.78, 5) is 12.6. The molecule has 1 amide bonds. The zero-order valence-electron chi connectivity index (χ0n) is 16.6. The number of hydrogen-bond acceptors (Lipinski definition) is 3. The predicted octanol–water partition coefficient (Wildman–Crippen LogP) is 4.88. The molecule has 2 aliphatic carbocycles. The lowest BCUT2D eigenvalue weighted by Gasteiger charge is -2.24. The van der Waals surface area contributed by atoms with Gasteiger partial charge in [0.15, 0.2) is 0 Å². The van der Waals surface area contributed by atoms with Crippen molar-refractivity contribution in [1.29, 1.82) is 0 Å². The molecule has 0 unspecified atom stereocenters. The maximum absolute atomic E-state index is 12.6. The van der Waals surface area contributed by atoms with E-state index in [-0.39, 0.29) is 28.5 Å². The largest absolute Gasteiger partial charge is 0.349 e. The SMILES string of the molecule is CS(=O)(=O)N(Cc1ccc(C(=O)N[C@H]2C[C@H]3CC[C@H]2C3)cc1)c1cccc(Cl)c1Cl. The first kappa shape index (κ1) is 21.5. The Bertz CT molecular complexity index is 1060. The number of benzene rings is 2. The third kappa shape index (κ3) is 4.46.